The summed E-state index contributed by atoms with van der Waals surface area (Å²) >= 11 is 0. The van der Waals surface area contributed by atoms with E-state index in [1.54, 1.807) is 0 Å². The van der Waals surface area contributed by atoms with Crippen molar-refractivity contribution in [2.45, 2.75) is 0 Å². The minimum atomic E-state index is -0.338. The Hall–Kier alpha value is -0.830. The molecule has 0 spiro atoms. The molecule has 0 aromatic rings. The highest BCUT2D eigenvalue weighted by Crippen LogP contribution is 1.69. The Kier molecular flexibility index (Phi) is 2.96. The van der Waals surface area contributed by atoms with Gasteiger partial charge in [-0.1, -0.05) is 6.58 Å². The van der Waals surface area contributed by atoms with E-state index < -0.39 is 0 Å². The lowest BCUT2D eigenvalue weighted by Crippen LogP contribution is -2.10. The highest BCUT2D eigenvalue weighted by atomic mass is 16.3. The predicted octanol–water partition coefficient (Wildman–Crippen LogP) is -0.0824. The first-order chi connectivity index (χ1) is 3.31. The first kappa shape index (κ1) is 6.17. The van der Waals surface area contributed by atoms with Gasteiger partial charge in [0, 0.05) is 6.20 Å². The topological polar surface area (TPSA) is 58.3 Å². The molecule has 7 heavy (non-hydrogen) atoms. The minimum Gasteiger partial charge on any atom is -0.322 e. The van der Waals surface area contributed by atoms with Crippen LogP contribution in [0.3, 0.4) is 0 Å². The third kappa shape index (κ3) is 2.99. The van der Waals surface area contributed by atoms with E-state index in [1.807, 2.05) is 0 Å². The SMILES string of the molecule is C=CN=C([O])CN. The summed E-state index contributed by atoms with van der Waals surface area (Å²) in [6.07, 6.45) is 1.18. The first-order valence-corrected chi connectivity index (χ1v) is 1.86. The van der Waals surface area contributed by atoms with Crippen LogP contribution in [0.15, 0.2) is 17.8 Å². The molecule has 0 aliphatic rings. The second kappa shape index (κ2) is 3.36. The molecule has 2 N–H and O–H groups in total. The van der Waals surface area contributed by atoms with Gasteiger partial charge in [-0.15, -0.1) is 0 Å². The summed E-state index contributed by atoms with van der Waals surface area (Å²) in [5.74, 6) is -0.338. The zero-order valence-electron chi connectivity index (χ0n) is 3.92. The molecule has 0 rings (SSSR count). The number of aliphatic imine (C=N–C) groups is 1. The van der Waals surface area contributed by atoms with Crippen molar-refractivity contribution < 1.29 is 5.11 Å². The molecule has 1 radical (unpaired) electrons. The van der Waals surface area contributed by atoms with Gasteiger partial charge in [-0.2, -0.15) is 0 Å². The van der Waals surface area contributed by atoms with Crippen LogP contribution in [0.4, 0.5) is 0 Å². The van der Waals surface area contributed by atoms with Gasteiger partial charge in [0.25, 0.3) is 5.90 Å². The van der Waals surface area contributed by atoms with Gasteiger partial charge in [0.15, 0.2) is 0 Å². The lowest BCUT2D eigenvalue weighted by molar-refractivity contribution is 0.419. The van der Waals surface area contributed by atoms with Gasteiger partial charge >= 0.3 is 0 Å². The van der Waals surface area contributed by atoms with E-state index in [2.05, 4.69) is 11.6 Å². The molecule has 39 valence electrons. The van der Waals surface area contributed by atoms with E-state index in [1.165, 1.54) is 6.20 Å². The predicted molar refractivity (Wildman–Crippen MR) is 27.4 cm³/mol. The summed E-state index contributed by atoms with van der Waals surface area (Å²) < 4.78 is 0. The van der Waals surface area contributed by atoms with E-state index in [0.717, 1.165) is 0 Å². The number of nitrogens with two attached hydrogens (primary N) is 1. The molecule has 3 heteroatoms. The molecule has 0 heterocycles. The molecule has 0 saturated carbocycles. The maximum absolute atomic E-state index is 10.0. The van der Waals surface area contributed by atoms with Gasteiger partial charge in [-0.3, -0.25) is 5.11 Å². The Labute approximate surface area is 42.2 Å². The molecular weight excluding hydrogens is 92.1 g/mol. The minimum absolute atomic E-state index is 0.0357. The van der Waals surface area contributed by atoms with Gasteiger partial charge in [-0.05, 0) is 0 Å². The molecule has 0 amide bonds. The van der Waals surface area contributed by atoms with Crippen LogP contribution in [0.1, 0.15) is 0 Å². The third-order valence-corrected chi connectivity index (χ3v) is 0.410. The van der Waals surface area contributed by atoms with E-state index in [0.29, 0.717) is 0 Å². The fourth-order valence-electron chi connectivity index (χ4n) is 0.155. The van der Waals surface area contributed by atoms with Crippen molar-refractivity contribution in [1.82, 2.24) is 0 Å². The van der Waals surface area contributed by atoms with E-state index in [4.69, 9.17) is 5.73 Å². The largest absolute Gasteiger partial charge is 0.322 e. The molecule has 0 fully saturated rings. The smallest absolute Gasteiger partial charge is 0.259 e. The molecule has 0 bridgehead atoms. The zero-order valence-corrected chi connectivity index (χ0v) is 3.92. The average Bonchev–Trinajstić information content (AvgIpc) is 1.68. The van der Waals surface area contributed by atoms with E-state index in [-0.39, 0.29) is 12.4 Å². The Morgan fingerprint density at radius 3 is 2.71 bits per heavy atom. The molecule has 0 aliphatic carbocycles. The maximum atomic E-state index is 10.0. The van der Waals surface area contributed by atoms with E-state index >= 15 is 0 Å². The van der Waals surface area contributed by atoms with Gasteiger partial charge in [0.2, 0.25) is 0 Å². The first-order valence-electron chi connectivity index (χ1n) is 1.86. The van der Waals surface area contributed by atoms with Crippen LogP contribution in [0, 0.1) is 0 Å². The Bertz CT molecular complexity index is 87.7. The summed E-state index contributed by atoms with van der Waals surface area (Å²) in [6, 6.07) is 0. The van der Waals surface area contributed by atoms with Crippen molar-refractivity contribution in [2.75, 3.05) is 6.54 Å². The number of nitrogens with zero attached hydrogens (tertiary/aromatic N) is 1. The molecule has 0 aliphatic heterocycles. The van der Waals surface area contributed by atoms with Crippen molar-refractivity contribution >= 4 is 5.90 Å². The normalized spacial score (nSPS) is 11.3. The molecule has 0 aromatic carbocycles. The van der Waals surface area contributed by atoms with Gasteiger partial charge in [0.1, 0.15) is 0 Å². The van der Waals surface area contributed by atoms with Gasteiger partial charge in [0.05, 0.1) is 6.54 Å². The third-order valence-electron chi connectivity index (χ3n) is 0.410. The number of hydrogen-bond donors (Lipinski definition) is 1. The Balaban J connectivity index is 3.49. The second-order valence-electron chi connectivity index (χ2n) is 0.910. The molecule has 0 unspecified atom stereocenters. The van der Waals surface area contributed by atoms with E-state index in [9.17, 15) is 5.11 Å². The van der Waals surface area contributed by atoms with Crippen LogP contribution in [0.5, 0.6) is 0 Å². The maximum Gasteiger partial charge on any atom is 0.259 e. The van der Waals surface area contributed by atoms with Crippen LogP contribution < -0.4 is 5.73 Å². The van der Waals surface area contributed by atoms with Crippen molar-refractivity contribution in [1.29, 1.82) is 0 Å². The second-order valence-corrected chi connectivity index (χ2v) is 0.910. The number of rotatable bonds is 2. The van der Waals surface area contributed by atoms with Crippen LogP contribution in [0.25, 0.3) is 0 Å². The van der Waals surface area contributed by atoms with Crippen molar-refractivity contribution in [3.63, 3.8) is 0 Å². The standard InChI is InChI=1S/C4H7N2O/c1-2-6-4(7)3-5/h2H,1,3,5H2. The molecule has 0 saturated heterocycles. The van der Waals surface area contributed by atoms with Crippen LogP contribution in [-0.4, -0.2) is 12.4 Å². The quantitative estimate of drug-likeness (QED) is 0.382. The number of hydrogen-bond acceptors (Lipinski definition) is 2. The molecular formula is C4H7N2O. The summed E-state index contributed by atoms with van der Waals surface area (Å²) in [5.41, 5.74) is 4.87. The summed E-state index contributed by atoms with van der Waals surface area (Å²) in [4.78, 5) is 3.24. The summed E-state index contributed by atoms with van der Waals surface area (Å²) in [5, 5.41) is 10.0. The fourth-order valence-corrected chi connectivity index (χ4v) is 0.155. The van der Waals surface area contributed by atoms with Gasteiger partial charge in [-0.25, -0.2) is 4.99 Å². The van der Waals surface area contributed by atoms with Crippen molar-refractivity contribution in [2.24, 2.45) is 10.7 Å². The van der Waals surface area contributed by atoms with Gasteiger partial charge < -0.3 is 5.73 Å². The summed E-state index contributed by atoms with van der Waals surface area (Å²) in [7, 11) is 0. The van der Waals surface area contributed by atoms with Crippen molar-refractivity contribution in [3.05, 3.63) is 12.8 Å². The average molecular weight is 99.1 g/mol. The summed E-state index contributed by atoms with van der Waals surface area (Å²) in [6.45, 7) is 3.17. The van der Waals surface area contributed by atoms with Crippen LogP contribution in [0.2, 0.25) is 0 Å². The Morgan fingerprint density at radius 1 is 2.00 bits per heavy atom. The highest BCUT2D eigenvalue weighted by Gasteiger charge is 1.85. The molecule has 0 atom stereocenters. The molecule has 3 nitrogen and oxygen atoms in total. The lowest BCUT2D eigenvalue weighted by atomic mass is 10.7. The Morgan fingerprint density at radius 2 is 2.57 bits per heavy atom. The zero-order chi connectivity index (χ0) is 5.70. The lowest BCUT2D eigenvalue weighted by Gasteiger charge is -1.79. The van der Waals surface area contributed by atoms with Crippen molar-refractivity contribution in [3.8, 4) is 0 Å². The monoisotopic (exact) mass is 99.1 g/mol. The molecule has 0 aromatic heterocycles. The highest BCUT2D eigenvalue weighted by molar-refractivity contribution is 5.75. The van der Waals surface area contributed by atoms with Crippen LogP contribution >= 0.6 is 0 Å². The fraction of sp³-hybridized carbons (Fsp3) is 0.250. The van der Waals surface area contributed by atoms with Crippen LogP contribution in [-0.2, 0) is 5.11 Å².